The topological polar surface area (TPSA) is 26.3 Å². The zero-order valence-corrected chi connectivity index (χ0v) is 10.4. The third-order valence-corrected chi connectivity index (χ3v) is 3.22. The molecule has 0 fully saturated rings. The van der Waals surface area contributed by atoms with Crippen molar-refractivity contribution in [2.24, 2.45) is 0 Å². The molecule has 0 aliphatic rings. The van der Waals surface area contributed by atoms with E-state index >= 15 is 0 Å². The van der Waals surface area contributed by atoms with Gasteiger partial charge in [-0.2, -0.15) is 11.8 Å². The first kappa shape index (κ1) is 12.8. The fraction of sp³-hybridized carbons (Fsp3) is 0.308. The normalized spacial score (nSPS) is 11.2. The molecule has 0 amide bonds. The Labute approximate surface area is 101 Å². The maximum Gasteiger partial charge on any atom is 0.334 e. The molecule has 0 atom stereocenters. The Morgan fingerprint density at radius 3 is 2.62 bits per heavy atom. The first-order chi connectivity index (χ1) is 7.77. The second-order valence-electron chi connectivity index (χ2n) is 3.28. The maximum atomic E-state index is 11.3. The average Bonchev–Trinajstić information content (AvgIpc) is 2.35. The summed E-state index contributed by atoms with van der Waals surface area (Å²) in [7, 11) is 1.41. The van der Waals surface area contributed by atoms with E-state index < -0.39 is 0 Å². The van der Waals surface area contributed by atoms with Crippen molar-refractivity contribution in [1.82, 2.24) is 0 Å². The SMILES string of the molecule is C/C=C(/CSCc1ccccc1)C(=O)OC. The maximum absolute atomic E-state index is 11.3. The van der Waals surface area contributed by atoms with Crippen LogP contribution < -0.4 is 0 Å². The van der Waals surface area contributed by atoms with E-state index in [9.17, 15) is 4.79 Å². The Balaban J connectivity index is 2.38. The predicted octanol–water partition coefficient (Wildman–Crippen LogP) is 3.04. The van der Waals surface area contributed by atoms with Crippen molar-refractivity contribution in [3.05, 3.63) is 47.5 Å². The van der Waals surface area contributed by atoms with E-state index in [1.807, 2.05) is 31.2 Å². The highest BCUT2D eigenvalue weighted by Gasteiger charge is 2.07. The van der Waals surface area contributed by atoms with Gasteiger partial charge in [0.2, 0.25) is 0 Å². The number of hydrogen-bond donors (Lipinski definition) is 0. The third kappa shape index (κ3) is 4.11. The minimum Gasteiger partial charge on any atom is -0.466 e. The molecule has 1 aromatic carbocycles. The van der Waals surface area contributed by atoms with Crippen LogP contribution in [0.3, 0.4) is 0 Å². The Hall–Kier alpha value is -1.22. The van der Waals surface area contributed by atoms with E-state index in [1.165, 1.54) is 12.7 Å². The van der Waals surface area contributed by atoms with Crippen LogP contribution in [0.15, 0.2) is 42.0 Å². The van der Waals surface area contributed by atoms with Crippen LogP contribution in [-0.4, -0.2) is 18.8 Å². The van der Waals surface area contributed by atoms with Crippen molar-refractivity contribution in [2.75, 3.05) is 12.9 Å². The molecular weight excluding hydrogens is 220 g/mol. The minimum absolute atomic E-state index is 0.233. The fourth-order valence-corrected chi connectivity index (χ4v) is 2.28. The zero-order valence-electron chi connectivity index (χ0n) is 9.60. The Bertz CT molecular complexity index is 357. The van der Waals surface area contributed by atoms with E-state index in [1.54, 1.807) is 11.8 Å². The van der Waals surface area contributed by atoms with Crippen molar-refractivity contribution in [3.63, 3.8) is 0 Å². The van der Waals surface area contributed by atoms with Gasteiger partial charge in [0, 0.05) is 17.1 Å². The molecule has 0 saturated heterocycles. The number of esters is 1. The first-order valence-electron chi connectivity index (χ1n) is 5.13. The molecule has 0 aliphatic heterocycles. The van der Waals surface area contributed by atoms with Gasteiger partial charge in [0.25, 0.3) is 0 Å². The van der Waals surface area contributed by atoms with Crippen LogP contribution in [0, 0.1) is 0 Å². The molecule has 0 bridgehead atoms. The van der Waals surface area contributed by atoms with Gasteiger partial charge in [0.05, 0.1) is 7.11 Å². The quantitative estimate of drug-likeness (QED) is 0.580. The molecule has 0 radical (unpaired) electrons. The summed E-state index contributed by atoms with van der Waals surface area (Å²) in [6, 6.07) is 10.2. The van der Waals surface area contributed by atoms with Crippen LogP contribution >= 0.6 is 11.8 Å². The van der Waals surface area contributed by atoms with E-state index in [-0.39, 0.29) is 5.97 Å². The van der Waals surface area contributed by atoms with E-state index in [0.717, 1.165) is 11.3 Å². The number of hydrogen-bond acceptors (Lipinski definition) is 3. The molecule has 86 valence electrons. The minimum atomic E-state index is -0.233. The van der Waals surface area contributed by atoms with Crippen LogP contribution in [-0.2, 0) is 15.3 Å². The second kappa shape index (κ2) is 7.12. The molecule has 0 spiro atoms. The van der Waals surface area contributed by atoms with Crippen LogP contribution in [0.25, 0.3) is 0 Å². The molecule has 0 saturated carbocycles. The highest BCUT2D eigenvalue weighted by molar-refractivity contribution is 7.98. The summed E-state index contributed by atoms with van der Waals surface area (Å²) < 4.78 is 4.69. The van der Waals surface area contributed by atoms with Gasteiger partial charge >= 0.3 is 5.97 Å². The lowest BCUT2D eigenvalue weighted by Crippen LogP contribution is -2.06. The first-order valence-corrected chi connectivity index (χ1v) is 6.28. The van der Waals surface area contributed by atoms with Crippen LogP contribution in [0.5, 0.6) is 0 Å². The third-order valence-electron chi connectivity index (χ3n) is 2.17. The molecule has 3 heteroatoms. The van der Waals surface area contributed by atoms with Crippen molar-refractivity contribution in [1.29, 1.82) is 0 Å². The summed E-state index contributed by atoms with van der Waals surface area (Å²) in [6.45, 7) is 1.86. The molecule has 16 heavy (non-hydrogen) atoms. The number of benzene rings is 1. The van der Waals surface area contributed by atoms with Gasteiger partial charge < -0.3 is 4.74 Å². The lowest BCUT2D eigenvalue weighted by Gasteiger charge is -2.04. The Morgan fingerprint density at radius 1 is 1.38 bits per heavy atom. The molecule has 0 aliphatic carbocycles. The molecule has 0 N–H and O–H groups in total. The predicted molar refractivity (Wildman–Crippen MR) is 68.4 cm³/mol. The van der Waals surface area contributed by atoms with Crippen molar-refractivity contribution in [2.45, 2.75) is 12.7 Å². The summed E-state index contributed by atoms with van der Waals surface area (Å²) in [5.74, 6) is 1.37. The highest BCUT2D eigenvalue weighted by atomic mass is 32.2. The molecular formula is C13H16O2S. The van der Waals surface area contributed by atoms with Crippen LogP contribution in [0.4, 0.5) is 0 Å². The van der Waals surface area contributed by atoms with E-state index in [2.05, 4.69) is 16.9 Å². The monoisotopic (exact) mass is 236 g/mol. The summed E-state index contributed by atoms with van der Waals surface area (Å²) in [5.41, 5.74) is 2.00. The van der Waals surface area contributed by atoms with Gasteiger partial charge in [-0.3, -0.25) is 0 Å². The largest absolute Gasteiger partial charge is 0.466 e. The Morgan fingerprint density at radius 2 is 2.06 bits per heavy atom. The molecule has 2 nitrogen and oxygen atoms in total. The van der Waals surface area contributed by atoms with Gasteiger partial charge in [-0.15, -0.1) is 0 Å². The van der Waals surface area contributed by atoms with Crippen LogP contribution in [0.2, 0.25) is 0 Å². The van der Waals surface area contributed by atoms with Crippen molar-refractivity contribution in [3.8, 4) is 0 Å². The van der Waals surface area contributed by atoms with Crippen molar-refractivity contribution >= 4 is 17.7 Å². The van der Waals surface area contributed by atoms with Gasteiger partial charge in [-0.05, 0) is 12.5 Å². The molecule has 1 rings (SSSR count). The lowest BCUT2D eigenvalue weighted by atomic mass is 10.2. The zero-order chi connectivity index (χ0) is 11.8. The lowest BCUT2D eigenvalue weighted by molar-refractivity contribution is -0.135. The van der Waals surface area contributed by atoms with Crippen molar-refractivity contribution < 1.29 is 9.53 Å². The van der Waals surface area contributed by atoms with Gasteiger partial charge in [-0.1, -0.05) is 36.4 Å². The summed E-state index contributed by atoms with van der Waals surface area (Å²) in [6.07, 6.45) is 1.81. The molecule has 0 aromatic heterocycles. The summed E-state index contributed by atoms with van der Waals surface area (Å²) >= 11 is 1.71. The Kier molecular flexibility index (Phi) is 5.72. The summed E-state index contributed by atoms with van der Waals surface area (Å²) in [5, 5.41) is 0. The van der Waals surface area contributed by atoms with Crippen LogP contribution in [0.1, 0.15) is 12.5 Å². The smallest absolute Gasteiger partial charge is 0.334 e. The number of carbonyl (C=O) groups is 1. The van der Waals surface area contributed by atoms with Gasteiger partial charge in [-0.25, -0.2) is 4.79 Å². The molecule has 1 aromatic rings. The number of ether oxygens (including phenoxy) is 1. The number of carbonyl (C=O) groups excluding carboxylic acids is 1. The summed E-state index contributed by atoms with van der Waals surface area (Å²) in [4.78, 5) is 11.3. The van der Waals surface area contributed by atoms with E-state index in [0.29, 0.717) is 5.75 Å². The molecule has 0 unspecified atom stereocenters. The molecule has 0 heterocycles. The van der Waals surface area contributed by atoms with Gasteiger partial charge in [0.15, 0.2) is 0 Å². The standard InChI is InChI=1S/C13H16O2S/c1-3-12(13(14)15-2)10-16-9-11-7-5-4-6-8-11/h3-8H,9-10H2,1-2H3/b12-3-. The fourth-order valence-electron chi connectivity index (χ4n) is 1.24. The number of allylic oxidation sites excluding steroid dienone is 1. The number of rotatable bonds is 5. The highest BCUT2D eigenvalue weighted by Crippen LogP contribution is 2.15. The second-order valence-corrected chi connectivity index (χ2v) is 4.27. The number of thioether (sulfide) groups is 1. The van der Waals surface area contributed by atoms with E-state index in [4.69, 9.17) is 0 Å². The van der Waals surface area contributed by atoms with Gasteiger partial charge in [0.1, 0.15) is 0 Å². The average molecular weight is 236 g/mol. The number of methoxy groups -OCH3 is 1.